The van der Waals surface area contributed by atoms with E-state index < -0.39 is 0 Å². The molecule has 0 radical (unpaired) electrons. The summed E-state index contributed by atoms with van der Waals surface area (Å²) in [5.74, 6) is 1.75. The topological polar surface area (TPSA) is 38.8 Å². The van der Waals surface area contributed by atoms with Crippen LogP contribution in [0.25, 0.3) is 6.08 Å². The number of carbonyl (C=O) groups is 1. The minimum Gasteiger partial charge on any atom is -0.478 e. The SMILES string of the molecule is Cc1cccc(/C=C2\Oc3c4c(cc(C)c3C2=O)OCN(C(C)c2ccccc2)C4)c1. The molecule has 31 heavy (non-hydrogen) atoms. The van der Waals surface area contributed by atoms with Crippen LogP contribution in [0.4, 0.5) is 0 Å². The summed E-state index contributed by atoms with van der Waals surface area (Å²) in [5.41, 5.74) is 5.81. The van der Waals surface area contributed by atoms with Gasteiger partial charge in [0.25, 0.3) is 0 Å². The van der Waals surface area contributed by atoms with Gasteiger partial charge in [-0.25, -0.2) is 0 Å². The fraction of sp³-hybridized carbons (Fsp3) is 0.222. The fourth-order valence-corrected chi connectivity index (χ4v) is 4.35. The molecule has 156 valence electrons. The molecule has 2 heterocycles. The minimum absolute atomic E-state index is 0.0648. The highest BCUT2D eigenvalue weighted by Gasteiger charge is 2.36. The molecule has 1 atom stereocenters. The Balaban J connectivity index is 1.50. The van der Waals surface area contributed by atoms with Gasteiger partial charge in [-0.2, -0.15) is 0 Å². The van der Waals surface area contributed by atoms with Crippen molar-refractivity contribution in [1.29, 1.82) is 0 Å². The van der Waals surface area contributed by atoms with E-state index in [1.165, 1.54) is 5.56 Å². The molecule has 4 nitrogen and oxygen atoms in total. The maximum absolute atomic E-state index is 13.2. The Kier molecular flexibility index (Phi) is 4.87. The second kappa shape index (κ2) is 7.71. The van der Waals surface area contributed by atoms with Gasteiger partial charge in [-0.15, -0.1) is 0 Å². The van der Waals surface area contributed by atoms with E-state index in [1.54, 1.807) is 0 Å². The molecule has 2 aliphatic heterocycles. The molecule has 0 aliphatic carbocycles. The van der Waals surface area contributed by atoms with Crippen molar-refractivity contribution >= 4 is 11.9 Å². The summed E-state index contributed by atoms with van der Waals surface area (Å²) in [5, 5.41) is 0. The van der Waals surface area contributed by atoms with Gasteiger partial charge in [0.1, 0.15) is 18.2 Å². The number of hydrogen-bond donors (Lipinski definition) is 0. The Morgan fingerprint density at radius 2 is 1.84 bits per heavy atom. The summed E-state index contributed by atoms with van der Waals surface area (Å²) in [4.78, 5) is 15.4. The van der Waals surface area contributed by atoms with Gasteiger partial charge < -0.3 is 9.47 Å². The smallest absolute Gasteiger partial charge is 0.232 e. The average molecular weight is 412 g/mol. The quantitative estimate of drug-likeness (QED) is 0.508. The predicted octanol–water partition coefficient (Wildman–Crippen LogP) is 5.83. The molecule has 0 aromatic heterocycles. The Morgan fingerprint density at radius 1 is 1.03 bits per heavy atom. The Bertz CT molecular complexity index is 1200. The normalized spacial score (nSPS) is 17.6. The van der Waals surface area contributed by atoms with Crippen LogP contribution in [0.1, 0.15) is 51.1 Å². The molecule has 3 aromatic carbocycles. The summed E-state index contributed by atoms with van der Waals surface area (Å²) in [6, 6.07) is 20.6. The van der Waals surface area contributed by atoms with Crippen LogP contribution in [0, 0.1) is 13.8 Å². The molecule has 0 fully saturated rings. The Labute approximate surface area is 182 Å². The van der Waals surface area contributed by atoms with Gasteiger partial charge in [0, 0.05) is 12.6 Å². The van der Waals surface area contributed by atoms with Crippen molar-refractivity contribution in [3.63, 3.8) is 0 Å². The molecule has 0 amide bonds. The van der Waals surface area contributed by atoms with Crippen LogP contribution in [0.5, 0.6) is 11.5 Å². The lowest BCUT2D eigenvalue weighted by Crippen LogP contribution is -2.34. The number of allylic oxidation sites excluding steroid dienone is 1. The van der Waals surface area contributed by atoms with Gasteiger partial charge in [0.05, 0.1) is 11.1 Å². The third kappa shape index (κ3) is 3.53. The first-order chi connectivity index (χ1) is 15.0. The zero-order valence-electron chi connectivity index (χ0n) is 18.0. The highest BCUT2D eigenvalue weighted by molar-refractivity contribution is 6.15. The summed E-state index contributed by atoms with van der Waals surface area (Å²) in [6.45, 7) is 7.32. The summed E-state index contributed by atoms with van der Waals surface area (Å²) >= 11 is 0. The molecule has 0 N–H and O–H groups in total. The molecular formula is C27H25NO3. The van der Waals surface area contributed by atoms with E-state index in [-0.39, 0.29) is 11.8 Å². The van der Waals surface area contributed by atoms with E-state index in [0.29, 0.717) is 30.3 Å². The number of hydrogen-bond acceptors (Lipinski definition) is 4. The van der Waals surface area contributed by atoms with Crippen molar-refractivity contribution in [3.8, 4) is 11.5 Å². The van der Waals surface area contributed by atoms with Crippen LogP contribution in [-0.2, 0) is 6.54 Å². The van der Waals surface area contributed by atoms with Gasteiger partial charge in [-0.05, 0) is 49.6 Å². The number of ether oxygens (including phenoxy) is 2. The maximum atomic E-state index is 13.2. The summed E-state index contributed by atoms with van der Waals surface area (Å²) < 4.78 is 12.3. The van der Waals surface area contributed by atoms with Crippen molar-refractivity contribution in [2.45, 2.75) is 33.4 Å². The number of nitrogens with zero attached hydrogens (tertiary/aromatic N) is 1. The number of fused-ring (bicyclic) bond motifs is 3. The van der Waals surface area contributed by atoms with Crippen LogP contribution < -0.4 is 9.47 Å². The summed E-state index contributed by atoms with van der Waals surface area (Å²) in [7, 11) is 0. The van der Waals surface area contributed by atoms with E-state index >= 15 is 0 Å². The molecule has 3 aromatic rings. The fourth-order valence-electron chi connectivity index (χ4n) is 4.35. The predicted molar refractivity (Wildman–Crippen MR) is 121 cm³/mol. The molecule has 4 heteroatoms. The van der Waals surface area contributed by atoms with Crippen molar-refractivity contribution in [2.24, 2.45) is 0 Å². The van der Waals surface area contributed by atoms with E-state index in [4.69, 9.17) is 9.47 Å². The zero-order chi connectivity index (χ0) is 21.5. The average Bonchev–Trinajstić information content (AvgIpc) is 3.10. The van der Waals surface area contributed by atoms with Gasteiger partial charge in [0.2, 0.25) is 5.78 Å². The lowest BCUT2D eigenvalue weighted by Gasteiger charge is -2.34. The highest BCUT2D eigenvalue weighted by Crippen LogP contribution is 2.45. The van der Waals surface area contributed by atoms with Gasteiger partial charge in [-0.1, -0.05) is 60.2 Å². The third-order valence-corrected chi connectivity index (χ3v) is 6.12. The Morgan fingerprint density at radius 3 is 2.61 bits per heavy atom. The Hall–Kier alpha value is -3.37. The van der Waals surface area contributed by atoms with Crippen molar-refractivity contribution in [1.82, 2.24) is 4.90 Å². The minimum atomic E-state index is -0.0648. The lowest BCUT2D eigenvalue weighted by atomic mass is 9.97. The van der Waals surface area contributed by atoms with Crippen LogP contribution in [-0.4, -0.2) is 17.4 Å². The highest BCUT2D eigenvalue weighted by atomic mass is 16.5. The first kappa shape index (κ1) is 19.6. The first-order valence-electron chi connectivity index (χ1n) is 10.6. The molecule has 0 saturated heterocycles. The zero-order valence-corrected chi connectivity index (χ0v) is 18.0. The number of benzene rings is 3. The van der Waals surface area contributed by atoms with Gasteiger partial charge in [0.15, 0.2) is 5.76 Å². The summed E-state index contributed by atoms with van der Waals surface area (Å²) in [6.07, 6.45) is 1.83. The van der Waals surface area contributed by atoms with E-state index in [9.17, 15) is 4.79 Å². The molecule has 0 saturated carbocycles. The molecule has 5 rings (SSSR count). The van der Waals surface area contributed by atoms with Crippen LogP contribution >= 0.6 is 0 Å². The van der Waals surface area contributed by atoms with E-state index in [1.807, 2.05) is 56.3 Å². The molecular weight excluding hydrogens is 386 g/mol. The standard InChI is InChI=1S/C27H25NO3/c1-17-8-7-9-20(12-17)14-24-26(29)25-18(2)13-23-22(27(25)31-24)15-28(16-30-23)19(3)21-10-5-4-6-11-21/h4-14,19H,15-16H2,1-3H3/b24-14-. The molecule has 0 bridgehead atoms. The number of aryl methyl sites for hydroxylation is 2. The lowest BCUT2D eigenvalue weighted by molar-refractivity contribution is 0.0605. The first-order valence-corrected chi connectivity index (χ1v) is 10.6. The van der Waals surface area contributed by atoms with Crippen LogP contribution in [0.15, 0.2) is 66.4 Å². The van der Waals surface area contributed by atoms with E-state index in [0.717, 1.165) is 28.0 Å². The van der Waals surface area contributed by atoms with Gasteiger partial charge in [-0.3, -0.25) is 9.69 Å². The van der Waals surface area contributed by atoms with Gasteiger partial charge >= 0.3 is 0 Å². The van der Waals surface area contributed by atoms with E-state index in [2.05, 4.69) is 36.1 Å². The second-order valence-electron chi connectivity index (χ2n) is 8.34. The van der Waals surface area contributed by atoms with Crippen molar-refractivity contribution < 1.29 is 14.3 Å². The maximum Gasteiger partial charge on any atom is 0.232 e. The van der Waals surface area contributed by atoms with Crippen LogP contribution in [0.2, 0.25) is 0 Å². The molecule has 2 aliphatic rings. The third-order valence-electron chi connectivity index (χ3n) is 6.12. The molecule has 0 spiro atoms. The largest absolute Gasteiger partial charge is 0.478 e. The molecule has 1 unspecified atom stereocenters. The van der Waals surface area contributed by atoms with Crippen LogP contribution in [0.3, 0.4) is 0 Å². The second-order valence-corrected chi connectivity index (χ2v) is 8.34. The van der Waals surface area contributed by atoms with Crippen molar-refractivity contribution in [3.05, 3.63) is 99.8 Å². The van der Waals surface area contributed by atoms with Crippen molar-refractivity contribution in [2.75, 3.05) is 6.73 Å². The number of Topliss-reactive ketones (excluding diaryl/α,β-unsaturated/α-hetero) is 1. The number of ketones is 1. The number of rotatable bonds is 3. The number of carbonyl (C=O) groups excluding carboxylic acids is 1. The monoisotopic (exact) mass is 411 g/mol.